The molecule has 0 N–H and O–H groups in total. The van der Waals surface area contributed by atoms with Gasteiger partial charge in [-0.05, 0) is 126 Å². The molecule has 0 saturated heterocycles. The quantitative estimate of drug-likeness (QED) is 0.144. The third-order valence-electron chi connectivity index (χ3n) is 10.8. The van der Waals surface area contributed by atoms with Crippen LogP contribution in [0.2, 0.25) is 0 Å². The van der Waals surface area contributed by atoms with Crippen LogP contribution in [0.3, 0.4) is 0 Å². The summed E-state index contributed by atoms with van der Waals surface area (Å²) < 4.78 is 22.3. The summed E-state index contributed by atoms with van der Waals surface area (Å²) in [5, 5.41) is 0. The highest BCUT2D eigenvalue weighted by Crippen LogP contribution is 2.66. The Bertz CT molecular complexity index is 1690. The lowest BCUT2D eigenvalue weighted by Crippen LogP contribution is -2.66. The summed E-state index contributed by atoms with van der Waals surface area (Å²) in [4.78, 5) is 27.3. The van der Waals surface area contributed by atoms with Crippen molar-refractivity contribution >= 4 is 24.1 Å². The van der Waals surface area contributed by atoms with E-state index in [1.165, 1.54) is 11.1 Å². The molecule has 1 saturated carbocycles. The van der Waals surface area contributed by atoms with Crippen molar-refractivity contribution in [2.45, 2.75) is 83.1 Å². The lowest BCUT2D eigenvalue weighted by atomic mass is 9.39. The topological polar surface area (TPSA) is 71.1 Å². The van der Waals surface area contributed by atoms with E-state index in [1.807, 2.05) is 64.2 Å². The van der Waals surface area contributed by atoms with E-state index in [4.69, 9.17) is 18.9 Å². The summed E-state index contributed by atoms with van der Waals surface area (Å²) in [7, 11) is 3.39. The number of hydrogen-bond donors (Lipinski definition) is 0. The molecule has 3 rings (SSSR count). The summed E-state index contributed by atoms with van der Waals surface area (Å²) in [6, 6.07) is 4.13. The molecule has 0 spiro atoms. The summed E-state index contributed by atoms with van der Waals surface area (Å²) in [5.74, 6) is -0.0854. The molecular formula is C46H60O6. The number of rotatable bonds is 14. The zero-order valence-electron chi connectivity index (χ0n) is 33.9. The minimum Gasteiger partial charge on any atom is -0.496 e. The molecule has 0 amide bonds. The normalized spacial score (nSPS) is 22.4. The third kappa shape index (κ3) is 8.71. The highest BCUT2D eigenvalue weighted by atomic mass is 16.5. The first-order chi connectivity index (χ1) is 24.5. The molecule has 1 aliphatic carbocycles. The second-order valence-electron chi connectivity index (χ2n) is 14.4. The Labute approximate surface area is 313 Å². The van der Waals surface area contributed by atoms with Crippen LogP contribution < -0.4 is 9.47 Å². The molecule has 52 heavy (non-hydrogen) atoms. The molecule has 6 nitrogen and oxygen atoms in total. The molecule has 0 atom stereocenters. The van der Waals surface area contributed by atoms with Crippen LogP contribution in [0.1, 0.15) is 86.1 Å². The Kier molecular flexibility index (Phi) is 14.3. The zero-order chi connectivity index (χ0) is 39.0. The van der Waals surface area contributed by atoms with Crippen LogP contribution in [0.25, 0.3) is 12.2 Å². The SMILES string of the molecule is CCOC(=O)C1C(C)(/C=C/C=C(C)/C=C/c2c(C)cc(OC)c(C)c2C)C(C(=O)OCC)C1(C)/C=C/C=C(C)/C=C/c1c(C)cc(OC)c(C)c1C. The van der Waals surface area contributed by atoms with Crippen molar-refractivity contribution in [1.82, 2.24) is 0 Å². The molecule has 0 bridgehead atoms. The number of hydrogen-bond acceptors (Lipinski definition) is 6. The van der Waals surface area contributed by atoms with Gasteiger partial charge in [-0.15, -0.1) is 0 Å². The molecule has 6 heteroatoms. The van der Waals surface area contributed by atoms with Gasteiger partial charge in [0, 0.05) is 10.8 Å². The van der Waals surface area contributed by atoms with E-state index in [2.05, 4.69) is 78.0 Å². The molecule has 0 heterocycles. The largest absolute Gasteiger partial charge is 0.496 e. The number of benzene rings is 2. The number of carbonyl (C=O) groups excluding carboxylic acids is 2. The number of methoxy groups -OCH3 is 2. The van der Waals surface area contributed by atoms with Crippen molar-refractivity contribution in [3.05, 3.63) is 116 Å². The Morgan fingerprint density at radius 2 is 0.981 bits per heavy atom. The molecule has 0 radical (unpaired) electrons. The first kappa shape index (κ1) is 41.8. The number of carbonyl (C=O) groups is 2. The molecule has 1 fully saturated rings. The molecule has 0 unspecified atom stereocenters. The van der Waals surface area contributed by atoms with E-state index in [9.17, 15) is 9.59 Å². The predicted molar refractivity (Wildman–Crippen MR) is 215 cm³/mol. The third-order valence-corrected chi connectivity index (χ3v) is 10.8. The van der Waals surface area contributed by atoms with Gasteiger partial charge < -0.3 is 18.9 Å². The van der Waals surface area contributed by atoms with E-state index in [0.717, 1.165) is 56.0 Å². The first-order valence-corrected chi connectivity index (χ1v) is 18.2. The van der Waals surface area contributed by atoms with Gasteiger partial charge in [0.2, 0.25) is 0 Å². The number of esters is 2. The zero-order valence-corrected chi connectivity index (χ0v) is 33.9. The Hall–Kier alpha value is -4.58. The lowest BCUT2D eigenvalue weighted by Gasteiger charge is -2.61. The Morgan fingerprint density at radius 1 is 0.635 bits per heavy atom. The minimum absolute atomic E-state index is 0.250. The van der Waals surface area contributed by atoms with Crippen molar-refractivity contribution in [2.24, 2.45) is 22.7 Å². The predicted octanol–water partition coefficient (Wildman–Crippen LogP) is 10.7. The van der Waals surface area contributed by atoms with Crippen LogP contribution in [-0.2, 0) is 19.1 Å². The first-order valence-electron chi connectivity index (χ1n) is 18.2. The van der Waals surface area contributed by atoms with Crippen LogP contribution in [0.5, 0.6) is 11.5 Å². The van der Waals surface area contributed by atoms with Gasteiger partial charge in [0.1, 0.15) is 11.5 Å². The van der Waals surface area contributed by atoms with Gasteiger partial charge in [-0.25, -0.2) is 0 Å². The van der Waals surface area contributed by atoms with Crippen LogP contribution in [0, 0.1) is 64.2 Å². The monoisotopic (exact) mass is 708 g/mol. The van der Waals surface area contributed by atoms with Gasteiger partial charge in [0.05, 0.1) is 39.3 Å². The number of ether oxygens (including phenoxy) is 4. The van der Waals surface area contributed by atoms with E-state index in [0.29, 0.717) is 0 Å². The van der Waals surface area contributed by atoms with Crippen LogP contribution >= 0.6 is 0 Å². The average Bonchev–Trinajstić information content (AvgIpc) is 3.07. The van der Waals surface area contributed by atoms with Crippen molar-refractivity contribution in [3.63, 3.8) is 0 Å². The summed E-state index contributed by atoms with van der Waals surface area (Å²) in [5.41, 5.74) is 9.59. The van der Waals surface area contributed by atoms with Gasteiger partial charge >= 0.3 is 11.9 Å². The molecule has 2 aromatic rings. The van der Waals surface area contributed by atoms with Gasteiger partial charge in [-0.3, -0.25) is 9.59 Å². The fourth-order valence-corrected chi connectivity index (χ4v) is 7.85. The van der Waals surface area contributed by atoms with Gasteiger partial charge in [0.25, 0.3) is 0 Å². The van der Waals surface area contributed by atoms with E-state index >= 15 is 0 Å². The molecule has 1 aliphatic rings. The number of allylic oxidation sites excluding steroid dienone is 10. The molecule has 2 aromatic carbocycles. The number of aryl methyl sites for hydroxylation is 2. The lowest BCUT2D eigenvalue weighted by molar-refractivity contribution is -0.199. The van der Waals surface area contributed by atoms with Gasteiger partial charge in [-0.1, -0.05) is 85.8 Å². The second kappa shape index (κ2) is 17.8. The van der Waals surface area contributed by atoms with Gasteiger partial charge in [0.15, 0.2) is 0 Å². The van der Waals surface area contributed by atoms with E-state index in [1.54, 1.807) is 28.1 Å². The fraction of sp³-hybridized carbons (Fsp3) is 0.435. The summed E-state index contributed by atoms with van der Waals surface area (Å²) in [6.45, 7) is 24.6. The van der Waals surface area contributed by atoms with Crippen LogP contribution in [0.15, 0.2) is 71.9 Å². The maximum atomic E-state index is 13.7. The second-order valence-corrected chi connectivity index (χ2v) is 14.4. The van der Waals surface area contributed by atoms with E-state index < -0.39 is 22.7 Å². The van der Waals surface area contributed by atoms with Crippen LogP contribution in [0.4, 0.5) is 0 Å². The maximum Gasteiger partial charge on any atom is 0.310 e. The minimum atomic E-state index is -0.835. The van der Waals surface area contributed by atoms with Gasteiger partial charge in [-0.2, -0.15) is 0 Å². The maximum absolute atomic E-state index is 13.7. The fourth-order valence-electron chi connectivity index (χ4n) is 7.85. The smallest absolute Gasteiger partial charge is 0.310 e. The summed E-state index contributed by atoms with van der Waals surface area (Å²) in [6.07, 6.45) is 20.2. The highest BCUT2D eigenvalue weighted by molar-refractivity contribution is 5.86. The summed E-state index contributed by atoms with van der Waals surface area (Å²) >= 11 is 0. The van der Waals surface area contributed by atoms with Crippen LogP contribution in [-0.4, -0.2) is 39.4 Å². The highest BCUT2D eigenvalue weighted by Gasteiger charge is 2.70. The molecule has 0 aliphatic heterocycles. The average molecular weight is 709 g/mol. The molecule has 0 aromatic heterocycles. The standard InChI is InChI=1S/C46H60O6/c1-15-51-43(47)41-45(11,25-17-19-29(3)21-23-37-31(5)27-39(49-13)35(9)33(37)7)42(44(48)52-16-2)46(41,12)26-18-20-30(4)22-24-38-32(6)28-40(50-14)36(10)34(38)8/h17-28,41-42H,15-16H2,1-14H3/b23-21+,24-22+,25-17+,26-18+,29-19+,30-20+. The Morgan fingerprint density at radius 3 is 1.29 bits per heavy atom. The molecule has 280 valence electrons. The van der Waals surface area contributed by atoms with Crippen molar-refractivity contribution in [3.8, 4) is 11.5 Å². The molecular weight excluding hydrogens is 649 g/mol. The van der Waals surface area contributed by atoms with Crippen molar-refractivity contribution < 1.29 is 28.5 Å². The van der Waals surface area contributed by atoms with Crippen molar-refractivity contribution in [2.75, 3.05) is 27.4 Å². The van der Waals surface area contributed by atoms with Crippen molar-refractivity contribution in [1.29, 1.82) is 0 Å². The van der Waals surface area contributed by atoms with E-state index in [-0.39, 0.29) is 25.2 Å². The Balaban J connectivity index is 1.97.